The molecule has 1 amide bonds. The lowest BCUT2D eigenvalue weighted by Gasteiger charge is -2.34. The van der Waals surface area contributed by atoms with E-state index in [-0.39, 0.29) is 17.3 Å². The van der Waals surface area contributed by atoms with Crippen LogP contribution in [0.15, 0.2) is 47.4 Å². The standard InChI is InChI=1S/C25H34N4O3S/c1-3-27-13-15-28(16-14-27)19-23-8-5-4-7-22(23)18-26-33(31,32)24-10-11-25-21(17-24)9-6-12-29(25)20(2)30/h4-5,7-8,10-11,17,26H,3,6,9,12-16,18-19H2,1-2H3. The highest BCUT2D eigenvalue weighted by Crippen LogP contribution is 2.29. The van der Waals surface area contributed by atoms with E-state index >= 15 is 0 Å². The third-order valence-corrected chi connectivity index (χ3v) is 8.14. The zero-order valence-electron chi connectivity index (χ0n) is 19.6. The van der Waals surface area contributed by atoms with E-state index in [9.17, 15) is 13.2 Å². The summed E-state index contributed by atoms with van der Waals surface area (Å²) in [5, 5.41) is 0. The molecule has 2 heterocycles. The fourth-order valence-corrected chi connectivity index (χ4v) is 5.77. The molecular formula is C25H34N4O3S. The van der Waals surface area contributed by atoms with Gasteiger partial charge < -0.3 is 9.80 Å². The van der Waals surface area contributed by atoms with Crippen LogP contribution in [0.4, 0.5) is 5.69 Å². The summed E-state index contributed by atoms with van der Waals surface area (Å²) in [6.45, 7) is 10.8. The highest BCUT2D eigenvalue weighted by Gasteiger charge is 2.23. The predicted octanol–water partition coefficient (Wildman–Crippen LogP) is 2.60. The van der Waals surface area contributed by atoms with Crippen LogP contribution < -0.4 is 9.62 Å². The summed E-state index contributed by atoms with van der Waals surface area (Å²) in [5.74, 6) is -0.0163. The highest BCUT2D eigenvalue weighted by molar-refractivity contribution is 7.89. The van der Waals surface area contributed by atoms with Gasteiger partial charge in [-0.25, -0.2) is 13.1 Å². The normalized spacial score (nSPS) is 17.7. The van der Waals surface area contributed by atoms with Gasteiger partial charge in [0.2, 0.25) is 15.9 Å². The van der Waals surface area contributed by atoms with Crippen LogP contribution in [0.25, 0.3) is 0 Å². The van der Waals surface area contributed by atoms with E-state index in [1.54, 1.807) is 30.0 Å². The quantitative estimate of drug-likeness (QED) is 0.674. The van der Waals surface area contributed by atoms with E-state index in [4.69, 9.17) is 0 Å². The number of hydrogen-bond donors (Lipinski definition) is 1. The zero-order valence-corrected chi connectivity index (χ0v) is 20.4. The van der Waals surface area contributed by atoms with Gasteiger partial charge in [0.15, 0.2) is 0 Å². The molecule has 0 bridgehead atoms. The summed E-state index contributed by atoms with van der Waals surface area (Å²) < 4.78 is 28.9. The largest absolute Gasteiger partial charge is 0.312 e. The topological polar surface area (TPSA) is 73.0 Å². The Labute approximate surface area is 197 Å². The number of carbonyl (C=O) groups excluding carboxylic acids is 1. The number of likely N-dealkylation sites (N-methyl/N-ethyl adjacent to an activating group) is 1. The summed E-state index contributed by atoms with van der Waals surface area (Å²) in [6.07, 6.45) is 1.61. The van der Waals surface area contributed by atoms with Crippen molar-refractivity contribution in [1.29, 1.82) is 0 Å². The van der Waals surface area contributed by atoms with Gasteiger partial charge in [0.25, 0.3) is 0 Å². The molecule has 7 nitrogen and oxygen atoms in total. The molecule has 178 valence electrons. The molecule has 2 aromatic carbocycles. The minimum absolute atomic E-state index is 0.0163. The lowest BCUT2D eigenvalue weighted by atomic mass is 10.0. The number of piperazine rings is 1. The van der Waals surface area contributed by atoms with E-state index in [1.807, 2.05) is 18.2 Å². The van der Waals surface area contributed by atoms with Crippen LogP contribution in [0.3, 0.4) is 0 Å². The van der Waals surface area contributed by atoms with Crippen molar-refractivity contribution in [2.24, 2.45) is 0 Å². The number of amides is 1. The van der Waals surface area contributed by atoms with Crippen molar-refractivity contribution in [2.75, 3.05) is 44.2 Å². The Morgan fingerprint density at radius 3 is 2.36 bits per heavy atom. The average molecular weight is 471 g/mol. The maximum atomic E-state index is 13.1. The minimum Gasteiger partial charge on any atom is -0.312 e. The molecule has 0 aromatic heterocycles. The van der Waals surface area contributed by atoms with E-state index < -0.39 is 10.0 Å². The molecule has 33 heavy (non-hydrogen) atoms. The first-order valence-corrected chi connectivity index (χ1v) is 13.3. The monoisotopic (exact) mass is 470 g/mol. The number of aryl methyl sites for hydroxylation is 1. The van der Waals surface area contributed by atoms with Gasteiger partial charge in [-0.3, -0.25) is 9.69 Å². The number of benzene rings is 2. The van der Waals surface area contributed by atoms with Gasteiger partial charge in [0.05, 0.1) is 4.90 Å². The maximum Gasteiger partial charge on any atom is 0.240 e. The molecule has 0 aliphatic carbocycles. The lowest BCUT2D eigenvalue weighted by Crippen LogP contribution is -2.45. The molecule has 8 heteroatoms. The molecule has 0 unspecified atom stereocenters. The van der Waals surface area contributed by atoms with E-state index in [0.717, 1.165) is 74.5 Å². The van der Waals surface area contributed by atoms with Crippen molar-refractivity contribution >= 4 is 21.6 Å². The van der Waals surface area contributed by atoms with Crippen LogP contribution in [0.5, 0.6) is 0 Å². The highest BCUT2D eigenvalue weighted by atomic mass is 32.2. The average Bonchev–Trinajstić information content (AvgIpc) is 2.83. The number of carbonyl (C=O) groups is 1. The molecule has 1 fully saturated rings. The van der Waals surface area contributed by atoms with Crippen molar-refractivity contribution in [3.05, 3.63) is 59.2 Å². The summed E-state index contributed by atoms with van der Waals surface area (Å²) in [4.78, 5) is 18.8. The molecular weight excluding hydrogens is 436 g/mol. The van der Waals surface area contributed by atoms with E-state index in [2.05, 4.69) is 27.5 Å². The Bertz CT molecular complexity index is 1090. The molecule has 2 aliphatic heterocycles. The van der Waals surface area contributed by atoms with Crippen molar-refractivity contribution in [2.45, 2.75) is 44.7 Å². The second kappa shape index (κ2) is 10.3. The fraction of sp³-hybridized carbons (Fsp3) is 0.480. The minimum atomic E-state index is -3.66. The number of hydrogen-bond acceptors (Lipinski definition) is 5. The predicted molar refractivity (Wildman–Crippen MR) is 131 cm³/mol. The van der Waals surface area contributed by atoms with Gasteiger partial charge in [0.1, 0.15) is 0 Å². The van der Waals surface area contributed by atoms with Gasteiger partial charge >= 0.3 is 0 Å². The number of sulfonamides is 1. The fourth-order valence-electron chi connectivity index (χ4n) is 4.71. The van der Waals surface area contributed by atoms with Crippen LogP contribution in [-0.4, -0.2) is 63.4 Å². The van der Waals surface area contributed by atoms with Gasteiger partial charge in [-0.2, -0.15) is 0 Å². The van der Waals surface area contributed by atoms with Crippen LogP contribution in [0, 0.1) is 0 Å². The van der Waals surface area contributed by atoms with Crippen LogP contribution in [-0.2, 0) is 34.3 Å². The zero-order chi connectivity index (χ0) is 23.4. The molecule has 4 rings (SSSR count). The van der Waals surface area contributed by atoms with Gasteiger partial charge in [0, 0.05) is 58.4 Å². The summed E-state index contributed by atoms with van der Waals surface area (Å²) in [5.41, 5.74) is 3.89. The van der Waals surface area contributed by atoms with Crippen molar-refractivity contribution in [3.8, 4) is 0 Å². The van der Waals surface area contributed by atoms with Gasteiger partial charge in [-0.1, -0.05) is 31.2 Å². The second-order valence-corrected chi connectivity index (χ2v) is 10.6. The second-order valence-electron chi connectivity index (χ2n) is 8.87. The van der Waals surface area contributed by atoms with Crippen molar-refractivity contribution in [1.82, 2.24) is 14.5 Å². The van der Waals surface area contributed by atoms with Crippen LogP contribution in [0.2, 0.25) is 0 Å². The Hall–Kier alpha value is -2.26. The van der Waals surface area contributed by atoms with E-state index in [0.29, 0.717) is 6.54 Å². The number of fused-ring (bicyclic) bond motifs is 1. The lowest BCUT2D eigenvalue weighted by molar-refractivity contribution is -0.116. The third-order valence-electron chi connectivity index (χ3n) is 6.74. The number of nitrogens with zero attached hydrogens (tertiary/aromatic N) is 3. The Kier molecular flexibility index (Phi) is 7.48. The first-order chi connectivity index (χ1) is 15.9. The molecule has 2 aromatic rings. The first-order valence-electron chi connectivity index (χ1n) is 11.8. The summed E-state index contributed by atoms with van der Waals surface area (Å²) >= 11 is 0. The molecule has 0 saturated carbocycles. The molecule has 2 aliphatic rings. The van der Waals surface area contributed by atoms with Crippen molar-refractivity contribution in [3.63, 3.8) is 0 Å². The van der Waals surface area contributed by atoms with E-state index in [1.165, 1.54) is 0 Å². The summed E-state index contributed by atoms with van der Waals surface area (Å²) in [7, 11) is -3.66. The van der Waals surface area contributed by atoms with Gasteiger partial charge in [-0.05, 0) is 54.3 Å². The van der Waals surface area contributed by atoms with Crippen LogP contribution >= 0.6 is 0 Å². The Morgan fingerprint density at radius 1 is 0.970 bits per heavy atom. The summed E-state index contributed by atoms with van der Waals surface area (Å²) in [6, 6.07) is 13.1. The maximum absolute atomic E-state index is 13.1. The smallest absolute Gasteiger partial charge is 0.240 e. The first kappa shape index (κ1) is 23.9. The number of rotatable bonds is 7. The molecule has 0 radical (unpaired) electrons. The number of nitrogens with one attached hydrogen (secondary N) is 1. The molecule has 0 spiro atoms. The number of anilines is 1. The Balaban J connectivity index is 1.45. The molecule has 0 atom stereocenters. The van der Waals surface area contributed by atoms with Crippen molar-refractivity contribution < 1.29 is 13.2 Å². The molecule has 1 N–H and O–H groups in total. The third kappa shape index (κ3) is 5.63. The van der Waals surface area contributed by atoms with Gasteiger partial charge in [-0.15, -0.1) is 0 Å². The Morgan fingerprint density at radius 2 is 1.67 bits per heavy atom. The van der Waals surface area contributed by atoms with Crippen LogP contribution in [0.1, 0.15) is 37.0 Å². The molecule has 1 saturated heterocycles. The SMILES string of the molecule is CCN1CCN(Cc2ccccc2CNS(=O)(=O)c2ccc3c(c2)CCCN3C(C)=O)CC1.